The van der Waals surface area contributed by atoms with E-state index in [9.17, 15) is 5.11 Å². The smallest absolute Gasteiger partial charge is 0.115 e. The van der Waals surface area contributed by atoms with E-state index in [1.54, 1.807) is 0 Å². The molecule has 0 unspecified atom stereocenters. The van der Waals surface area contributed by atoms with Crippen LogP contribution in [0.25, 0.3) is 0 Å². The van der Waals surface area contributed by atoms with Crippen LogP contribution in [0.15, 0.2) is 128 Å². The molecule has 0 amide bonds. The fourth-order valence-corrected chi connectivity index (χ4v) is 7.75. The largest absolute Gasteiger partial charge is 0.389 e. The Hall–Kier alpha value is -4.22. The van der Waals surface area contributed by atoms with Crippen molar-refractivity contribution < 1.29 is 24.1 Å². The normalized spacial score (nSPS) is 20.7. The molecule has 1 aliphatic carbocycles. The molecule has 1 aliphatic rings. The molecule has 4 aromatic carbocycles. The van der Waals surface area contributed by atoms with Crippen molar-refractivity contribution in [1.82, 2.24) is 20.3 Å². The number of rotatable bonds is 26. The summed E-state index contributed by atoms with van der Waals surface area (Å²) in [6, 6.07) is 39.9. The van der Waals surface area contributed by atoms with Gasteiger partial charge in [0.25, 0.3) is 0 Å². The third-order valence-corrected chi connectivity index (χ3v) is 11.0. The number of nitrogens with one attached hydrogen (secondary N) is 1. The first-order valence-electron chi connectivity index (χ1n) is 21.6. The second kappa shape index (κ2) is 24.6. The van der Waals surface area contributed by atoms with Crippen LogP contribution in [0.4, 0.5) is 0 Å². The van der Waals surface area contributed by atoms with Gasteiger partial charge in [-0.15, -0.1) is 5.10 Å². The molecule has 1 heterocycles. The van der Waals surface area contributed by atoms with Crippen molar-refractivity contribution in [2.45, 2.75) is 141 Å². The Kier molecular flexibility index (Phi) is 18.4. The van der Waals surface area contributed by atoms with Crippen LogP contribution >= 0.6 is 0 Å². The molecule has 2 N–H and O–H groups in total. The van der Waals surface area contributed by atoms with Crippen LogP contribution in [0.5, 0.6) is 0 Å². The van der Waals surface area contributed by atoms with Gasteiger partial charge in [-0.2, -0.15) is 0 Å². The fourth-order valence-electron chi connectivity index (χ4n) is 7.75. The van der Waals surface area contributed by atoms with Gasteiger partial charge in [-0.1, -0.05) is 178 Å². The molecule has 9 heteroatoms. The van der Waals surface area contributed by atoms with Crippen molar-refractivity contribution in [3.8, 4) is 0 Å². The Morgan fingerprint density at radius 3 is 1.47 bits per heavy atom. The number of ether oxygens (including phenoxy) is 4. The average Bonchev–Trinajstić information content (AvgIpc) is 3.73. The first-order chi connectivity index (χ1) is 28.7. The lowest BCUT2D eigenvalue weighted by Gasteiger charge is -2.49. The number of aliphatic hydroxyl groups is 1. The minimum Gasteiger partial charge on any atom is -0.389 e. The summed E-state index contributed by atoms with van der Waals surface area (Å²) in [7, 11) is 0. The lowest BCUT2D eigenvalue weighted by Crippen LogP contribution is -2.69. The zero-order chi connectivity index (χ0) is 40.0. The number of hydrogen-bond acceptors (Lipinski definition) is 8. The van der Waals surface area contributed by atoms with E-state index in [1.165, 1.54) is 44.9 Å². The van der Waals surface area contributed by atoms with Gasteiger partial charge in [-0.25, -0.2) is 0 Å². The highest BCUT2D eigenvalue weighted by Gasteiger charge is 2.53. The Balaban J connectivity index is 1.17. The van der Waals surface area contributed by atoms with Gasteiger partial charge in [0, 0.05) is 12.7 Å². The summed E-state index contributed by atoms with van der Waals surface area (Å²) < 4.78 is 29.2. The third kappa shape index (κ3) is 14.0. The van der Waals surface area contributed by atoms with Gasteiger partial charge in [-0.05, 0) is 48.1 Å². The molecule has 310 valence electrons. The van der Waals surface area contributed by atoms with E-state index < -0.39 is 36.6 Å². The van der Waals surface area contributed by atoms with E-state index in [0.717, 1.165) is 53.8 Å². The van der Waals surface area contributed by atoms with Crippen molar-refractivity contribution in [1.29, 1.82) is 0 Å². The summed E-state index contributed by atoms with van der Waals surface area (Å²) in [6.07, 6.45) is 10.5. The number of aryl methyl sites for hydroxylation is 2. The van der Waals surface area contributed by atoms with Gasteiger partial charge in [0.05, 0.1) is 38.2 Å². The van der Waals surface area contributed by atoms with Gasteiger partial charge >= 0.3 is 0 Å². The van der Waals surface area contributed by atoms with Crippen LogP contribution in [-0.2, 0) is 58.3 Å². The molecular weight excluding hydrogens is 725 g/mol. The third-order valence-electron chi connectivity index (χ3n) is 11.0. The van der Waals surface area contributed by atoms with E-state index in [4.69, 9.17) is 18.9 Å². The first kappa shape index (κ1) is 43.4. The fraction of sp³-hybridized carbons (Fsp3) is 0.469. The van der Waals surface area contributed by atoms with Gasteiger partial charge in [-0.3, -0.25) is 4.68 Å². The van der Waals surface area contributed by atoms with Crippen LogP contribution in [0, 0.1) is 0 Å². The number of nitrogens with zero attached hydrogens (tertiary/aromatic N) is 3. The van der Waals surface area contributed by atoms with Gasteiger partial charge in [0.15, 0.2) is 0 Å². The quantitative estimate of drug-likeness (QED) is 0.0536. The second-order valence-electron chi connectivity index (χ2n) is 15.6. The van der Waals surface area contributed by atoms with Crippen LogP contribution in [0.1, 0.15) is 92.7 Å². The van der Waals surface area contributed by atoms with Crippen molar-refractivity contribution in [3.63, 3.8) is 0 Å². The molecule has 6 rings (SSSR count). The van der Waals surface area contributed by atoms with Crippen LogP contribution in [-0.4, -0.2) is 63.2 Å². The summed E-state index contributed by atoms with van der Waals surface area (Å²) in [5.41, 5.74) is 5.10. The number of hydrogen-bond donors (Lipinski definition) is 2. The summed E-state index contributed by atoms with van der Waals surface area (Å²) in [5, 5.41) is 25.0. The van der Waals surface area contributed by atoms with Crippen molar-refractivity contribution in [2.75, 3.05) is 6.54 Å². The van der Waals surface area contributed by atoms with Crippen molar-refractivity contribution >= 4 is 0 Å². The Labute approximate surface area is 346 Å². The molecule has 0 spiro atoms. The Morgan fingerprint density at radius 1 is 0.534 bits per heavy atom. The molecular formula is C49H64N4O5. The Bertz CT molecular complexity index is 1800. The summed E-state index contributed by atoms with van der Waals surface area (Å²) in [6.45, 7) is 5.14. The topological polar surface area (TPSA) is 99.9 Å². The minimum absolute atomic E-state index is 0.316. The molecule has 58 heavy (non-hydrogen) atoms. The van der Waals surface area contributed by atoms with E-state index in [2.05, 4.69) is 53.0 Å². The predicted molar refractivity (Wildman–Crippen MR) is 229 cm³/mol. The summed E-state index contributed by atoms with van der Waals surface area (Å²) in [5.74, 6) is 0. The predicted octanol–water partition coefficient (Wildman–Crippen LogP) is 9.03. The number of unbranched alkanes of at least 4 members (excludes halogenated alkanes) is 7. The summed E-state index contributed by atoms with van der Waals surface area (Å²) in [4.78, 5) is 0. The highest BCUT2D eigenvalue weighted by Crippen LogP contribution is 2.33. The molecule has 0 bridgehead atoms. The van der Waals surface area contributed by atoms with E-state index in [-0.39, 0.29) is 0 Å². The highest BCUT2D eigenvalue weighted by molar-refractivity contribution is 5.18. The van der Waals surface area contributed by atoms with Gasteiger partial charge < -0.3 is 29.4 Å². The molecule has 5 aromatic rings. The van der Waals surface area contributed by atoms with E-state index in [1.807, 2.05) is 102 Å². The monoisotopic (exact) mass is 788 g/mol. The Morgan fingerprint density at radius 2 is 0.966 bits per heavy atom. The maximum absolute atomic E-state index is 12.4. The lowest BCUT2D eigenvalue weighted by molar-refractivity contribution is -0.250. The highest BCUT2D eigenvalue weighted by atomic mass is 16.6. The molecule has 1 fully saturated rings. The number of benzene rings is 4. The first-order valence-corrected chi connectivity index (χ1v) is 21.6. The zero-order valence-electron chi connectivity index (χ0n) is 34.3. The van der Waals surface area contributed by atoms with Crippen molar-refractivity contribution in [3.05, 3.63) is 155 Å². The molecule has 9 nitrogen and oxygen atoms in total. The van der Waals surface area contributed by atoms with Gasteiger partial charge in [0.1, 0.15) is 30.5 Å². The average molecular weight is 789 g/mol. The maximum atomic E-state index is 12.4. The molecule has 1 saturated carbocycles. The van der Waals surface area contributed by atoms with Crippen LogP contribution in [0.3, 0.4) is 0 Å². The molecule has 0 saturated heterocycles. The van der Waals surface area contributed by atoms with Crippen LogP contribution < -0.4 is 5.32 Å². The summed E-state index contributed by atoms with van der Waals surface area (Å²) >= 11 is 0. The minimum atomic E-state index is -0.964. The molecule has 1 aromatic heterocycles. The standard InChI is InChI=1S/C49H64N4O5/c1-2-3-4-5-6-7-8-21-33-53-34-43(51-52-53)31-22-32-50-44-45(54)47(56-36-40-25-15-10-16-26-40)49(58-38-42-29-19-12-20-30-42)48(57-37-41-27-17-11-18-28-41)46(44)55-35-39-23-13-9-14-24-39/h9-20,23-30,34,44-50,54H,2-8,21-22,31-33,35-38H2,1H3/t44-,45-,46+,47+,48-,49-/m1/s1. The maximum Gasteiger partial charge on any atom is 0.115 e. The number of aliphatic hydroxyl groups excluding tert-OH is 1. The van der Waals surface area contributed by atoms with Crippen LogP contribution in [0.2, 0.25) is 0 Å². The molecule has 0 aliphatic heterocycles. The molecule has 0 radical (unpaired) electrons. The number of aromatic nitrogens is 3. The van der Waals surface area contributed by atoms with Gasteiger partial charge in [0.2, 0.25) is 0 Å². The van der Waals surface area contributed by atoms with Crippen molar-refractivity contribution in [2.24, 2.45) is 0 Å². The lowest BCUT2D eigenvalue weighted by atomic mass is 9.82. The zero-order valence-corrected chi connectivity index (χ0v) is 34.3. The van der Waals surface area contributed by atoms with E-state index in [0.29, 0.717) is 33.0 Å². The SMILES string of the molecule is CCCCCCCCCCn1cc(CCCN[C@@H]2[C@@H](O)[C@H](OCc3ccccc3)[C@@H](OCc3ccccc3)[C@H](OCc3ccccc3)[C@H]2OCc2ccccc2)nn1. The van der Waals surface area contributed by atoms with E-state index >= 15 is 0 Å². The molecule has 6 atom stereocenters. The second-order valence-corrected chi connectivity index (χ2v) is 15.6.